The van der Waals surface area contributed by atoms with E-state index in [1.807, 2.05) is 13.0 Å². The number of aliphatic carboxylic acids is 1. The van der Waals surface area contributed by atoms with Crippen LogP contribution in [-0.4, -0.2) is 35.4 Å². The van der Waals surface area contributed by atoms with Gasteiger partial charge in [-0.3, -0.25) is 4.79 Å². The molecular weight excluding hydrogens is 428 g/mol. The van der Waals surface area contributed by atoms with Crippen molar-refractivity contribution < 1.29 is 24.2 Å². The van der Waals surface area contributed by atoms with Gasteiger partial charge >= 0.3 is 5.97 Å². The van der Waals surface area contributed by atoms with Crippen molar-refractivity contribution in [3.05, 3.63) is 57.5 Å². The molecule has 2 aromatic rings. The molecule has 7 nitrogen and oxygen atoms in total. The lowest BCUT2D eigenvalue weighted by Crippen LogP contribution is -2.23. The number of aliphatic imine (C=N–C) groups is 1. The third-order valence-corrected chi connectivity index (χ3v) is 5.33. The van der Waals surface area contributed by atoms with Crippen molar-refractivity contribution >= 4 is 52.2 Å². The van der Waals surface area contributed by atoms with E-state index < -0.39 is 12.1 Å². The maximum absolute atomic E-state index is 12.3. The molecule has 3 rings (SSSR count). The second-order valence-electron chi connectivity index (χ2n) is 6.42. The maximum atomic E-state index is 12.3. The number of aryl methyl sites for hydroxylation is 1. The van der Waals surface area contributed by atoms with Crippen LogP contribution in [-0.2, 0) is 9.59 Å². The van der Waals surface area contributed by atoms with Crippen molar-refractivity contribution in [3.8, 4) is 11.5 Å². The molecule has 156 valence electrons. The number of carboxylic acids is 1. The molecule has 0 unspecified atom stereocenters. The number of hydrogen-bond acceptors (Lipinski definition) is 6. The van der Waals surface area contributed by atoms with Gasteiger partial charge in [-0.1, -0.05) is 23.7 Å². The fourth-order valence-electron chi connectivity index (χ4n) is 2.56. The van der Waals surface area contributed by atoms with Crippen molar-refractivity contribution in [2.24, 2.45) is 4.99 Å². The molecule has 2 aromatic carbocycles. The summed E-state index contributed by atoms with van der Waals surface area (Å²) in [5, 5.41) is 12.8. The number of carbonyl (C=O) groups is 2. The highest BCUT2D eigenvalue weighted by Crippen LogP contribution is 2.33. The van der Waals surface area contributed by atoms with E-state index in [1.54, 1.807) is 36.4 Å². The van der Waals surface area contributed by atoms with Gasteiger partial charge in [0.2, 0.25) is 0 Å². The minimum atomic E-state index is -1.08. The summed E-state index contributed by atoms with van der Waals surface area (Å²) in [4.78, 5) is 28.3. The van der Waals surface area contributed by atoms with Crippen LogP contribution in [0, 0.1) is 6.92 Å². The number of carbonyl (C=O) groups excluding carboxylic acids is 1. The molecule has 1 fully saturated rings. The lowest BCUT2D eigenvalue weighted by atomic mass is 10.2. The minimum Gasteiger partial charge on any atom is -0.493 e. The number of nitrogens with one attached hydrogen (secondary N) is 1. The molecule has 1 aliphatic rings. The molecule has 0 radical (unpaired) electrons. The molecule has 1 atom stereocenters. The minimum absolute atomic E-state index is 0.266. The van der Waals surface area contributed by atoms with Crippen LogP contribution in [0.1, 0.15) is 18.1 Å². The van der Waals surface area contributed by atoms with Gasteiger partial charge in [0.05, 0.1) is 17.7 Å². The van der Waals surface area contributed by atoms with Gasteiger partial charge in [0.1, 0.15) is 0 Å². The third kappa shape index (κ3) is 5.14. The standard InChI is InChI=1S/C21H19ClN2O5S/c1-11-4-6-14(22)10-15(11)23-21-24-19(25)18(30-21)9-13-5-7-16(17(8-13)28-3)29-12(2)20(26)27/h4-10,12H,1-3H3,(H,26,27)(H,23,24,25)/b18-9+/t12-/m0/s1. The first kappa shape index (κ1) is 21.7. The molecular formula is C21H19ClN2O5S. The van der Waals surface area contributed by atoms with Crippen molar-refractivity contribution in [3.63, 3.8) is 0 Å². The van der Waals surface area contributed by atoms with E-state index in [2.05, 4.69) is 10.3 Å². The van der Waals surface area contributed by atoms with E-state index >= 15 is 0 Å². The highest BCUT2D eigenvalue weighted by Gasteiger charge is 2.24. The molecule has 0 saturated carbocycles. The fourth-order valence-corrected chi connectivity index (χ4v) is 3.56. The maximum Gasteiger partial charge on any atom is 0.344 e. The number of amidine groups is 1. The summed E-state index contributed by atoms with van der Waals surface area (Å²) in [6.07, 6.45) is 0.674. The normalized spacial score (nSPS) is 17.1. The molecule has 1 saturated heterocycles. The third-order valence-electron chi connectivity index (χ3n) is 4.18. The molecule has 0 aromatic heterocycles. The Kier molecular flexibility index (Phi) is 6.69. The smallest absolute Gasteiger partial charge is 0.344 e. The zero-order valence-corrected chi connectivity index (χ0v) is 18.0. The van der Waals surface area contributed by atoms with Gasteiger partial charge < -0.3 is 19.9 Å². The molecule has 0 aliphatic carbocycles. The topological polar surface area (TPSA) is 97.2 Å². The van der Waals surface area contributed by atoms with E-state index in [9.17, 15) is 9.59 Å². The molecule has 0 bridgehead atoms. The summed E-state index contributed by atoms with van der Waals surface area (Å²) in [5.74, 6) is -0.678. The Morgan fingerprint density at radius 3 is 2.73 bits per heavy atom. The van der Waals surface area contributed by atoms with Crippen molar-refractivity contribution in [1.29, 1.82) is 0 Å². The Morgan fingerprint density at radius 1 is 1.27 bits per heavy atom. The van der Waals surface area contributed by atoms with Gasteiger partial charge in [0, 0.05) is 5.02 Å². The van der Waals surface area contributed by atoms with E-state index in [4.69, 9.17) is 26.2 Å². The molecule has 9 heteroatoms. The van der Waals surface area contributed by atoms with Crippen molar-refractivity contribution in [2.75, 3.05) is 7.11 Å². The largest absolute Gasteiger partial charge is 0.493 e. The summed E-state index contributed by atoms with van der Waals surface area (Å²) in [7, 11) is 1.46. The van der Waals surface area contributed by atoms with E-state index in [0.29, 0.717) is 37.8 Å². The number of thioether (sulfide) groups is 1. The molecule has 30 heavy (non-hydrogen) atoms. The lowest BCUT2D eigenvalue weighted by molar-refractivity contribution is -0.144. The number of halogens is 1. The summed E-state index contributed by atoms with van der Waals surface area (Å²) < 4.78 is 10.7. The number of benzene rings is 2. The van der Waals surface area contributed by atoms with Gasteiger partial charge in [-0.15, -0.1) is 0 Å². The first-order chi connectivity index (χ1) is 14.3. The average Bonchev–Trinajstić information content (AvgIpc) is 3.04. The average molecular weight is 447 g/mol. The van der Waals surface area contributed by atoms with E-state index in [0.717, 1.165) is 5.56 Å². The predicted octanol–water partition coefficient (Wildman–Crippen LogP) is 4.40. The summed E-state index contributed by atoms with van der Waals surface area (Å²) in [5.41, 5.74) is 2.32. The highest BCUT2D eigenvalue weighted by molar-refractivity contribution is 8.18. The number of carboxylic acid groups (broad SMARTS) is 1. The predicted molar refractivity (Wildman–Crippen MR) is 118 cm³/mol. The van der Waals surface area contributed by atoms with Gasteiger partial charge in [-0.05, 0) is 67.1 Å². The summed E-state index contributed by atoms with van der Waals surface area (Å²) in [6, 6.07) is 10.4. The van der Waals surface area contributed by atoms with Crippen LogP contribution >= 0.6 is 23.4 Å². The van der Waals surface area contributed by atoms with Crippen LogP contribution in [0.15, 0.2) is 46.3 Å². The Labute approximate surface area is 182 Å². The second-order valence-corrected chi connectivity index (χ2v) is 7.89. The van der Waals surface area contributed by atoms with E-state index in [-0.39, 0.29) is 5.91 Å². The molecule has 0 spiro atoms. The van der Waals surface area contributed by atoms with Crippen LogP contribution in [0.2, 0.25) is 5.02 Å². The number of hydrogen-bond donors (Lipinski definition) is 2. The quantitative estimate of drug-likeness (QED) is 0.638. The number of ether oxygens (including phenoxy) is 2. The lowest BCUT2D eigenvalue weighted by Gasteiger charge is -2.14. The van der Waals surface area contributed by atoms with Crippen molar-refractivity contribution in [1.82, 2.24) is 5.32 Å². The van der Waals surface area contributed by atoms with Gasteiger partial charge in [-0.2, -0.15) is 0 Å². The van der Waals surface area contributed by atoms with Gasteiger partial charge in [0.25, 0.3) is 5.91 Å². The van der Waals surface area contributed by atoms with Gasteiger partial charge in [0.15, 0.2) is 22.8 Å². The molecule has 1 amide bonds. The summed E-state index contributed by atoms with van der Waals surface area (Å²) in [6.45, 7) is 3.34. The number of nitrogens with zero attached hydrogens (tertiary/aromatic N) is 1. The first-order valence-electron chi connectivity index (χ1n) is 8.90. The monoisotopic (exact) mass is 446 g/mol. The fraction of sp³-hybridized carbons (Fsp3) is 0.190. The molecule has 1 aliphatic heterocycles. The molecule has 1 heterocycles. The second kappa shape index (κ2) is 9.23. The van der Waals surface area contributed by atoms with Crippen LogP contribution < -0.4 is 14.8 Å². The number of rotatable bonds is 6. The number of methoxy groups -OCH3 is 1. The van der Waals surface area contributed by atoms with Crippen LogP contribution in [0.5, 0.6) is 11.5 Å². The Morgan fingerprint density at radius 2 is 2.03 bits per heavy atom. The zero-order chi connectivity index (χ0) is 21.8. The van der Waals surface area contributed by atoms with Gasteiger partial charge in [-0.25, -0.2) is 9.79 Å². The Hall–Kier alpha value is -2.97. The zero-order valence-electron chi connectivity index (χ0n) is 16.4. The highest BCUT2D eigenvalue weighted by atomic mass is 35.5. The SMILES string of the molecule is COc1cc(/C=C2/SC(=Nc3cc(Cl)ccc3C)NC2=O)ccc1O[C@@H](C)C(=O)O. The van der Waals surface area contributed by atoms with Crippen molar-refractivity contribution in [2.45, 2.75) is 20.0 Å². The van der Waals surface area contributed by atoms with Crippen LogP contribution in [0.3, 0.4) is 0 Å². The first-order valence-corrected chi connectivity index (χ1v) is 10.1. The van der Waals surface area contributed by atoms with Crippen LogP contribution in [0.4, 0.5) is 5.69 Å². The Balaban J connectivity index is 1.83. The number of amides is 1. The molecule has 2 N–H and O–H groups in total. The van der Waals surface area contributed by atoms with E-state index in [1.165, 1.54) is 25.8 Å². The van der Waals surface area contributed by atoms with Crippen LogP contribution in [0.25, 0.3) is 6.08 Å². The Bertz CT molecular complexity index is 1070. The summed E-state index contributed by atoms with van der Waals surface area (Å²) >= 11 is 7.24.